The highest BCUT2D eigenvalue weighted by molar-refractivity contribution is 7.47. The molecule has 0 bridgehead atoms. The predicted octanol–water partition coefficient (Wildman–Crippen LogP) is 9.35. The molecule has 0 aromatic rings. The first kappa shape index (κ1) is 42.0. The summed E-state index contributed by atoms with van der Waals surface area (Å²) in [5.41, 5.74) is 5.33. The van der Waals surface area contributed by atoms with E-state index in [9.17, 15) is 14.3 Å². The second-order valence-electron chi connectivity index (χ2n) is 11.4. The highest BCUT2D eigenvalue weighted by Gasteiger charge is 2.25. The molecule has 0 saturated heterocycles. The molecule has 0 aliphatic carbocycles. The zero-order valence-corrected chi connectivity index (χ0v) is 28.6. The first-order valence-electron chi connectivity index (χ1n) is 17.3. The van der Waals surface area contributed by atoms with E-state index < -0.39 is 13.9 Å². The average molecular weight is 632 g/mol. The molecule has 2 unspecified atom stereocenters. The van der Waals surface area contributed by atoms with Crippen LogP contribution in [-0.4, -0.2) is 49.9 Å². The molecule has 0 aliphatic heterocycles. The largest absolute Gasteiger partial charge is 0.472 e. The molecule has 43 heavy (non-hydrogen) atoms. The first-order chi connectivity index (χ1) is 20.9. The third kappa shape index (κ3) is 32.2. The lowest BCUT2D eigenvalue weighted by Crippen LogP contribution is -2.28. The van der Waals surface area contributed by atoms with E-state index in [4.69, 9.17) is 24.3 Å². The van der Waals surface area contributed by atoms with Gasteiger partial charge in [-0.2, -0.15) is 0 Å². The van der Waals surface area contributed by atoms with E-state index in [1.807, 2.05) is 0 Å². The summed E-state index contributed by atoms with van der Waals surface area (Å²) in [6.45, 7) is 4.85. The van der Waals surface area contributed by atoms with Crippen LogP contribution in [-0.2, 0) is 27.9 Å². The quantitative estimate of drug-likeness (QED) is 0.0318. The molecule has 0 saturated carbocycles. The van der Waals surface area contributed by atoms with Crippen LogP contribution in [0.15, 0.2) is 24.3 Å². The van der Waals surface area contributed by atoms with Gasteiger partial charge in [0.2, 0.25) is 0 Å². The lowest BCUT2D eigenvalue weighted by Gasteiger charge is -2.20. The second kappa shape index (κ2) is 32.4. The van der Waals surface area contributed by atoms with Crippen LogP contribution in [0.2, 0.25) is 0 Å². The minimum absolute atomic E-state index is 0.0972. The van der Waals surface area contributed by atoms with Crippen molar-refractivity contribution in [3.05, 3.63) is 24.3 Å². The van der Waals surface area contributed by atoms with Crippen LogP contribution in [0, 0.1) is 0 Å². The third-order valence-electron chi connectivity index (χ3n) is 7.12. The molecule has 0 rings (SSSR count). The summed E-state index contributed by atoms with van der Waals surface area (Å²) in [4.78, 5) is 22.3. The van der Waals surface area contributed by atoms with Crippen LogP contribution in [0.1, 0.15) is 149 Å². The minimum atomic E-state index is -4.26. The number of nitrogens with two attached hydrogens (primary N) is 1. The van der Waals surface area contributed by atoms with Crippen molar-refractivity contribution in [1.29, 1.82) is 0 Å². The zero-order chi connectivity index (χ0) is 31.7. The lowest BCUT2D eigenvalue weighted by atomic mass is 10.1. The number of phosphoric ester groups is 1. The Labute approximate surface area is 264 Å². The Balaban J connectivity index is 4.12. The van der Waals surface area contributed by atoms with E-state index in [0.29, 0.717) is 13.0 Å². The van der Waals surface area contributed by atoms with Gasteiger partial charge in [0, 0.05) is 19.6 Å². The zero-order valence-electron chi connectivity index (χ0n) is 27.7. The summed E-state index contributed by atoms with van der Waals surface area (Å²) in [7, 11) is -4.26. The van der Waals surface area contributed by atoms with Crippen LogP contribution >= 0.6 is 7.82 Å². The standard InChI is InChI=1S/C34H66NO7P/c1-3-5-7-9-11-13-14-15-16-17-18-19-20-21-23-25-27-34(36)42-33(32-41-43(37,38)40-30-28-35)31-39-29-26-24-22-12-10-8-6-4-2/h13-14,16-17,33H,3-12,15,18-32,35H2,1-2H3,(H,37,38)/b14-13-,17-16-. The molecule has 0 spiro atoms. The Bertz CT molecular complexity index is 717. The SMILES string of the molecule is CCCCCC/C=C\C/C=C\CCCCCCCC(=O)OC(COCCCCCCCCCC)COP(=O)(O)OCCN. The molecule has 8 nitrogen and oxygen atoms in total. The van der Waals surface area contributed by atoms with Gasteiger partial charge < -0.3 is 20.1 Å². The van der Waals surface area contributed by atoms with Crippen LogP contribution in [0.25, 0.3) is 0 Å². The number of esters is 1. The van der Waals surface area contributed by atoms with Gasteiger partial charge in [0.1, 0.15) is 6.10 Å². The number of carbonyl (C=O) groups is 1. The number of hydrogen-bond donors (Lipinski definition) is 2. The van der Waals surface area contributed by atoms with Crippen LogP contribution in [0.5, 0.6) is 0 Å². The number of rotatable bonds is 33. The Morgan fingerprint density at radius 3 is 1.84 bits per heavy atom. The molecule has 3 N–H and O–H groups in total. The number of unbranched alkanes of at least 4 members (excludes halogenated alkanes) is 16. The normalized spacial score (nSPS) is 14.0. The molecule has 0 aromatic carbocycles. The van der Waals surface area contributed by atoms with Crippen molar-refractivity contribution in [2.75, 3.05) is 33.0 Å². The summed E-state index contributed by atoms with van der Waals surface area (Å²) in [6.07, 6.45) is 31.9. The molecule has 2 atom stereocenters. The number of phosphoric acid groups is 1. The van der Waals surface area contributed by atoms with E-state index >= 15 is 0 Å². The van der Waals surface area contributed by atoms with E-state index in [2.05, 4.69) is 38.2 Å². The monoisotopic (exact) mass is 631 g/mol. The van der Waals surface area contributed by atoms with Crippen molar-refractivity contribution < 1.29 is 32.8 Å². The number of ether oxygens (including phenoxy) is 2. The maximum atomic E-state index is 12.5. The van der Waals surface area contributed by atoms with Gasteiger partial charge >= 0.3 is 13.8 Å². The fourth-order valence-corrected chi connectivity index (χ4v) is 5.32. The van der Waals surface area contributed by atoms with Crippen LogP contribution in [0.4, 0.5) is 0 Å². The fourth-order valence-electron chi connectivity index (χ4n) is 4.55. The topological polar surface area (TPSA) is 117 Å². The molecular formula is C34H66NO7P. The van der Waals surface area contributed by atoms with Gasteiger partial charge in [0.05, 0.1) is 19.8 Å². The van der Waals surface area contributed by atoms with Gasteiger partial charge in [0.15, 0.2) is 0 Å². The summed E-state index contributed by atoms with van der Waals surface area (Å²) >= 11 is 0. The van der Waals surface area contributed by atoms with Crippen LogP contribution in [0.3, 0.4) is 0 Å². The molecule has 0 heterocycles. The average Bonchev–Trinajstić information content (AvgIpc) is 2.99. The third-order valence-corrected chi connectivity index (χ3v) is 8.11. The number of carbonyl (C=O) groups excluding carboxylic acids is 1. The summed E-state index contributed by atoms with van der Waals surface area (Å²) in [6, 6.07) is 0. The maximum absolute atomic E-state index is 12.5. The second-order valence-corrected chi connectivity index (χ2v) is 12.8. The Hall–Kier alpha value is -1.02. The molecule has 0 aromatic heterocycles. The summed E-state index contributed by atoms with van der Waals surface area (Å²) in [5, 5.41) is 0. The molecule has 254 valence electrons. The molecule has 0 fully saturated rings. The molecule has 0 amide bonds. The highest BCUT2D eigenvalue weighted by Crippen LogP contribution is 2.43. The van der Waals surface area contributed by atoms with Crippen molar-refractivity contribution >= 4 is 13.8 Å². The molecule has 0 radical (unpaired) electrons. The van der Waals surface area contributed by atoms with Crippen molar-refractivity contribution in [2.24, 2.45) is 5.73 Å². The summed E-state index contributed by atoms with van der Waals surface area (Å²) < 4.78 is 33.1. The smallest absolute Gasteiger partial charge is 0.457 e. The lowest BCUT2D eigenvalue weighted by molar-refractivity contribution is -0.154. The van der Waals surface area contributed by atoms with Crippen molar-refractivity contribution in [2.45, 2.75) is 155 Å². The van der Waals surface area contributed by atoms with Gasteiger partial charge in [0.25, 0.3) is 0 Å². The first-order valence-corrected chi connectivity index (χ1v) is 18.8. The van der Waals surface area contributed by atoms with Gasteiger partial charge in [-0.15, -0.1) is 0 Å². The van der Waals surface area contributed by atoms with E-state index in [1.165, 1.54) is 70.6 Å². The van der Waals surface area contributed by atoms with E-state index in [-0.39, 0.29) is 32.3 Å². The van der Waals surface area contributed by atoms with Crippen molar-refractivity contribution in [3.8, 4) is 0 Å². The van der Waals surface area contributed by atoms with Gasteiger partial charge in [-0.1, -0.05) is 122 Å². The van der Waals surface area contributed by atoms with Gasteiger partial charge in [-0.05, 0) is 44.9 Å². The van der Waals surface area contributed by atoms with Gasteiger partial charge in [-0.25, -0.2) is 4.57 Å². The fraction of sp³-hybridized carbons (Fsp3) is 0.853. The predicted molar refractivity (Wildman–Crippen MR) is 178 cm³/mol. The molecule has 9 heteroatoms. The molecular weight excluding hydrogens is 565 g/mol. The Morgan fingerprint density at radius 1 is 0.698 bits per heavy atom. The van der Waals surface area contributed by atoms with Crippen LogP contribution < -0.4 is 5.73 Å². The minimum Gasteiger partial charge on any atom is -0.457 e. The Kier molecular flexibility index (Phi) is 31.6. The van der Waals surface area contributed by atoms with Crippen molar-refractivity contribution in [3.63, 3.8) is 0 Å². The number of allylic oxidation sites excluding steroid dienone is 4. The van der Waals surface area contributed by atoms with Crippen molar-refractivity contribution in [1.82, 2.24) is 0 Å². The Morgan fingerprint density at radius 2 is 1.23 bits per heavy atom. The van der Waals surface area contributed by atoms with Gasteiger partial charge in [-0.3, -0.25) is 13.8 Å². The van der Waals surface area contributed by atoms with E-state index in [0.717, 1.165) is 57.8 Å². The number of hydrogen-bond acceptors (Lipinski definition) is 7. The highest BCUT2D eigenvalue weighted by atomic mass is 31.2. The maximum Gasteiger partial charge on any atom is 0.472 e. The summed E-state index contributed by atoms with van der Waals surface area (Å²) in [5.74, 6) is -0.346. The molecule has 0 aliphatic rings. The van der Waals surface area contributed by atoms with E-state index in [1.54, 1.807) is 0 Å².